The first-order valence-corrected chi connectivity index (χ1v) is 3.60. The van der Waals surface area contributed by atoms with Gasteiger partial charge in [0.25, 0.3) is 0 Å². The van der Waals surface area contributed by atoms with Crippen LogP contribution in [-0.2, 0) is 0 Å². The van der Waals surface area contributed by atoms with E-state index in [0.717, 1.165) is 0 Å². The Morgan fingerprint density at radius 3 is 3.08 bits per heavy atom. The zero-order valence-corrected chi connectivity index (χ0v) is 6.44. The molecule has 0 saturated heterocycles. The van der Waals surface area contributed by atoms with Gasteiger partial charge in [0, 0.05) is 18.9 Å². The number of hydrogen-bond acceptors (Lipinski definition) is 5. The zero-order valence-electron chi connectivity index (χ0n) is 6.44. The predicted octanol–water partition coefficient (Wildman–Crippen LogP) is -1.38. The molecule has 5 N–H and O–H groups in total. The molecule has 12 heavy (non-hydrogen) atoms. The third-order valence-electron chi connectivity index (χ3n) is 1.86. The van der Waals surface area contributed by atoms with E-state index in [1.54, 1.807) is 12.4 Å². The molecule has 1 unspecified atom stereocenters. The van der Waals surface area contributed by atoms with E-state index < -0.39 is 0 Å². The fourth-order valence-corrected chi connectivity index (χ4v) is 1.19. The normalized spacial score (nSPS) is 27.7. The number of hydrogen-bond donors (Lipinski definition) is 3. The van der Waals surface area contributed by atoms with Crippen molar-refractivity contribution in [1.82, 2.24) is 9.91 Å². The van der Waals surface area contributed by atoms with E-state index in [1.807, 2.05) is 4.90 Å². The van der Waals surface area contributed by atoms with Crippen molar-refractivity contribution in [3.05, 3.63) is 12.4 Å². The maximum atomic E-state index is 7.39. The number of nitrogens with one attached hydrogen (secondary N) is 1. The van der Waals surface area contributed by atoms with E-state index in [2.05, 4.69) is 4.99 Å². The van der Waals surface area contributed by atoms with E-state index in [0.29, 0.717) is 12.5 Å². The van der Waals surface area contributed by atoms with Gasteiger partial charge in [-0.1, -0.05) is 0 Å². The zero-order chi connectivity index (χ0) is 8.72. The Kier molecular flexibility index (Phi) is 1.39. The van der Waals surface area contributed by atoms with Crippen molar-refractivity contribution in [2.24, 2.45) is 16.6 Å². The van der Waals surface area contributed by atoms with Crippen LogP contribution in [0.1, 0.15) is 0 Å². The molecule has 0 amide bonds. The third kappa shape index (κ3) is 0.892. The number of guanidine groups is 1. The summed E-state index contributed by atoms with van der Waals surface area (Å²) in [4.78, 5) is 5.77. The summed E-state index contributed by atoms with van der Waals surface area (Å²) < 4.78 is 0. The second-order valence-electron chi connectivity index (χ2n) is 2.76. The Hall–Kier alpha value is -1.40. The van der Waals surface area contributed by atoms with Crippen molar-refractivity contribution >= 4 is 11.8 Å². The third-order valence-corrected chi connectivity index (χ3v) is 1.86. The molecule has 64 valence electrons. The highest BCUT2D eigenvalue weighted by atomic mass is 15.5. The lowest BCUT2D eigenvalue weighted by Gasteiger charge is -2.27. The molecule has 0 radical (unpaired) electrons. The second kappa shape index (κ2) is 2.29. The van der Waals surface area contributed by atoms with Crippen LogP contribution in [0, 0.1) is 5.41 Å². The molecular formula is C6H10N6. The molecule has 2 aliphatic heterocycles. The van der Waals surface area contributed by atoms with Gasteiger partial charge in [0.15, 0.2) is 0 Å². The lowest BCUT2D eigenvalue weighted by Crippen LogP contribution is -2.50. The predicted molar refractivity (Wildman–Crippen MR) is 45.0 cm³/mol. The van der Waals surface area contributed by atoms with E-state index in [1.165, 1.54) is 5.01 Å². The molecule has 6 heteroatoms. The summed E-state index contributed by atoms with van der Waals surface area (Å²) in [7, 11) is 0. The average molecular weight is 166 g/mol. The first kappa shape index (κ1) is 7.26. The molecule has 6 nitrogen and oxygen atoms in total. The molecule has 0 saturated carbocycles. The van der Waals surface area contributed by atoms with Crippen molar-refractivity contribution in [2.45, 2.75) is 6.04 Å². The summed E-state index contributed by atoms with van der Waals surface area (Å²) in [6, 6.07) is -0.315. The lowest BCUT2D eigenvalue weighted by atomic mass is 10.2. The molecule has 2 rings (SSSR count). The first-order valence-electron chi connectivity index (χ1n) is 3.60. The molecule has 0 bridgehead atoms. The van der Waals surface area contributed by atoms with Crippen LogP contribution in [0.2, 0.25) is 0 Å². The van der Waals surface area contributed by atoms with Gasteiger partial charge < -0.3 is 10.6 Å². The van der Waals surface area contributed by atoms with E-state index >= 15 is 0 Å². The van der Waals surface area contributed by atoms with Gasteiger partial charge >= 0.3 is 0 Å². The van der Waals surface area contributed by atoms with Gasteiger partial charge in [-0.05, 0) is 0 Å². The highest BCUT2D eigenvalue weighted by Crippen LogP contribution is 2.11. The van der Waals surface area contributed by atoms with Crippen molar-refractivity contribution in [3.63, 3.8) is 0 Å². The van der Waals surface area contributed by atoms with Crippen molar-refractivity contribution in [3.8, 4) is 0 Å². The Balaban J connectivity index is 2.32. The van der Waals surface area contributed by atoms with Crippen LogP contribution in [0.3, 0.4) is 0 Å². The molecule has 0 aromatic rings. The Morgan fingerprint density at radius 1 is 1.58 bits per heavy atom. The molecule has 1 atom stereocenters. The molecule has 0 spiro atoms. The number of nitrogens with two attached hydrogens (primary N) is 2. The number of hydrazine groups is 1. The summed E-state index contributed by atoms with van der Waals surface area (Å²) >= 11 is 0. The summed E-state index contributed by atoms with van der Waals surface area (Å²) in [5, 5.41) is 8.76. The number of amidine groups is 1. The van der Waals surface area contributed by atoms with Crippen LogP contribution in [0.4, 0.5) is 0 Å². The molecule has 0 aliphatic carbocycles. The number of aliphatic imine (C=N–C) groups is 1. The molecule has 0 aromatic heterocycles. The summed E-state index contributed by atoms with van der Waals surface area (Å²) in [5.41, 5.74) is 5.61. The lowest BCUT2D eigenvalue weighted by molar-refractivity contribution is 0.475. The topological polar surface area (TPSA) is 94.7 Å². The first-order chi connectivity index (χ1) is 5.68. The molecule has 2 aliphatic rings. The largest absolute Gasteiger partial charge is 0.320 e. The Bertz CT molecular complexity index is 280. The van der Waals surface area contributed by atoms with Crippen LogP contribution in [-0.4, -0.2) is 34.3 Å². The van der Waals surface area contributed by atoms with E-state index in [9.17, 15) is 0 Å². The Morgan fingerprint density at radius 2 is 2.33 bits per heavy atom. The fraction of sp³-hybridized carbons (Fsp3) is 0.333. The van der Waals surface area contributed by atoms with E-state index in [4.69, 9.17) is 17.0 Å². The van der Waals surface area contributed by atoms with Gasteiger partial charge in [-0.3, -0.25) is 10.4 Å². The number of rotatable bonds is 0. The minimum Gasteiger partial charge on any atom is -0.320 e. The van der Waals surface area contributed by atoms with Crippen LogP contribution < -0.4 is 11.6 Å². The van der Waals surface area contributed by atoms with Crippen LogP contribution >= 0.6 is 0 Å². The molecular weight excluding hydrogens is 156 g/mol. The number of fused-ring (bicyclic) bond motifs is 1. The summed E-state index contributed by atoms with van der Waals surface area (Å²) in [6.45, 7) is 0.571. The second-order valence-corrected chi connectivity index (χ2v) is 2.76. The van der Waals surface area contributed by atoms with Gasteiger partial charge in [0.2, 0.25) is 5.96 Å². The highest BCUT2D eigenvalue weighted by Gasteiger charge is 2.28. The summed E-state index contributed by atoms with van der Waals surface area (Å²) in [5.74, 6) is 6.29. The monoisotopic (exact) mass is 166 g/mol. The molecule has 2 heterocycles. The quantitative estimate of drug-likeness (QED) is 0.387. The van der Waals surface area contributed by atoms with Gasteiger partial charge in [-0.15, -0.1) is 0 Å². The van der Waals surface area contributed by atoms with Crippen molar-refractivity contribution < 1.29 is 0 Å². The minimum absolute atomic E-state index is 0.181. The van der Waals surface area contributed by atoms with Gasteiger partial charge in [-0.25, -0.2) is 5.84 Å². The minimum atomic E-state index is -0.315. The smallest absolute Gasteiger partial charge is 0.226 e. The van der Waals surface area contributed by atoms with Gasteiger partial charge in [0.05, 0.1) is 6.04 Å². The Labute approximate surface area is 69.6 Å². The SMILES string of the molecule is N=C1N=C2N(N)C=CN2CC1N. The summed E-state index contributed by atoms with van der Waals surface area (Å²) in [6.07, 6.45) is 3.48. The van der Waals surface area contributed by atoms with Crippen LogP contribution in [0.25, 0.3) is 0 Å². The van der Waals surface area contributed by atoms with E-state index in [-0.39, 0.29) is 11.9 Å². The maximum absolute atomic E-state index is 7.39. The van der Waals surface area contributed by atoms with Crippen molar-refractivity contribution in [1.29, 1.82) is 5.41 Å². The number of nitrogens with zero attached hydrogens (tertiary/aromatic N) is 3. The molecule has 0 aromatic carbocycles. The fourth-order valence-electron chi connectivity index (χ4n) is 1.19. The molecule has 0 fully saturated rings. The van der Waals surface area contributed by atoms with Gasteiger partial charge in [0.1, 0.15) is 5.84 Å². The standard InChI is InChI=1S/C6H10N6/c7-4-3-11-1-2-12(9)6(11)10-5(4)8/h1-2,4,8H,3,7,9H2. The van der Waals surface area contributed by atoms with Gasteiger partial charge in [-0.2, -0.15) is 4.99 Å². The van der Waals surface area contributed by atoms with Crippen LogP contribution in [0.15, 0.2) is 17.4 Å². The van der Waals surface area contributed by atoms with Crippen molar-refractivity contribution in [2.75, 3.05) is 6.54 Å². The highest BCUT2D eigenvalue weighted by molar-refractivity contribution is 6.00. The maximum Gasteiger partial charge on any atom is 0.226 e. The average Bonchev–Trinajstić information content (AvgIpc) is 2.35. The van der Waals surface area contributed by atoms with Crippen LogP contribution in [0.5, 0.6) is 0 Å².